The molecule has 0 bridgehead atoms. The number of rotatable bonds is 5. The molecule has 0 spiro atoms. The molecule has 182 valence electrons. The van der Waals surface area contributed by atoms with Gasteiger partial charge in [-0.1, -0.05) is 56.6 Å². The fraction of sp³-hybridized carbons (Fsp3) is 0.310. The van der Waals surface area contributed by atoms with Crippen LogP contribution in [0.4, 0.5) is 11.4 Å². The lowest BCUT2D eigenvalue weighted by atomic mass is 9.87. The molecular weight excluding hydrogens is 460 g/mol. The molecule has 2 N–H and O–H groups in total. The molecule has 4 rings (SSSR count). The predicted molar refractivity (Wildman–Crippen MR) is 142 cm³/mol. The zero-order valence-corrected chi connectivity index (χ0v) is 21.1. The van der Waals surface area contributed by atoms with Crippen LogP contribution in [0.3, 0.4) is 0 Å². The van der Waals surface area contributed by atoms with E-state index in [0.29, 0.717) is 11.5 Å². The molecule has 0 saturated carbocycles. The molecule has 1 heterocycles. The van der Waals surface area contributed by atoms with Gasteiger partial charge in [-0.3, -0.25) is 4.79 Å². The van der Waals surface area contributed by atoms with Gasteiger partial charge in [0.25, 0.3) is 5.91 Å². The minimum atomic E-state index is -1.02. The Morgan fingerprint density at radius 2 is 1.69 bits per heavy atom. The number of carboxylic acid groups (broad SMARTS) is 1. The number of amides is 1. The Morgan fingerprint density at radius 3 is 2.34 bits per heavy atom. The summed E-state index contributed by atoms with van der Waals surface area (Å²) in [6, 6.07) is 21.0. The molecule has 3 aromatic rings. The van der Waals surface area contributed by atoms with Crippen molar-refractivity contribution in [2.45, 2.75) is 44.9 Å². The number of nitrogens with one attached hydrogen (secondary N) is 1. The number of carbonyl (C=O) groups excluding carboxylic acids is 1. The summed E-state index contributed by atoms with van der Waals surface area (Å²) >= 11 is 6.16. The van der Waals surface area contributed by atoms with E-state index >= 15 is 0 Å². The molecule has 6 heteroatoms. The minimum Gasteiger partial charge on any atom is -0.478 e. The third-order valence-corrected chi connectivity index (χ3v) is 6.96. The highest BCUT2D eigenvalue weighted by Gasteiger charge is 2.23. The van der Waals surface area contributed by atoms with Gasteiger partial charge in [-0.05, 0) is 77.8 Å². The van der Waals surface area contributed by atoms with Crippen LogP contribution < -0.4 is 10.2 Å². The van der Waals surface area contributed by atoms with Crippen LogP contribution in [0.1, 0.15) is 71.4 Å². The first kappa shape index (κ1) is 24.8. The van der Waals surface area contributed by atoms with Crippen LogP contribution in [-0.2, 0) is 5.41 Å². The van der Waals surface area contributed by atoms with Gasteiger partial charge in [0.1, 0.15) is 0 Å². The van der Waals surface area contributed by atoms with E-state index in [2.05, 4.69) is 43.1 Å². The van der Waals surface area contributed by atoms with E-state index < -0.39 is 5.97 Å². The van der Waals surface area contributed by atoms with Crippen LogP contribution in [-0.4, -0.2) is 30.1 Å². The lowest BCUT2D eigenvalue weighted by Crippen LogP contribution is -2.33. The van der Waals surface area contributed by atoms with Crippen molar-refractivity contribution in [2.75, 3.05) is 23.3 Å². The first-order chi connectivity index (χ1) is 16.6. The minimum absolute atomic E-state index is 0.0130. The van der Waals surface area contributed by atoms with Gasteiger partial charge in [-0.15, -0.1) is 0 Å². The molecule has 0 aliphatic carbocycles. The summed E-state index contributed by atoms with van der Waals surface area (Å²) in [7, 11) is 0. The summed E-state index contributed by atoms with van der Waals surface area (Å²) in [5.74, 6) is -0.772. The molecule has 1 aliphatic rings. The zero-order valence-electron chi connectivity index (χ0n) is 20.3. The van der Waals surface area contributed by atoms with Crippen molar-refractivity contribution >= 4 is 34.9 Å². The lowest BCUT2D eigenvalue weighted by molar-refractivity contribution is 0.0697. The SMILES string of the molecule is CC(C)(C)c1cccc(NC(=O)c2cccc(C3CCN(c4ccc(C(=O)O)c(Cl)c4)CC3)c2)c1. The van der Waals surface area contributed by atoms with E-state index in [4.69, 9.17) is 11.6 Å². The van der Waals surface area contributed by atoms with Crippen LogP contribution in [0.5, 0.6) is 0 Å². The average Bonchev–Trinajstić information content (AvgIpc) is 2.83. The topological polar surface area (TPSA) is 69.6 Å². The van der Waals surface area contributed by atoms with E-state index in [-0.39, 0.29) is 21.9 Å². The first-order valence-corrected chi connectivity index (χ1v) is 12.3. The monoisotopic (exact) mass is 490 g/mol. The van der Waals surface area contributed by atoms with Crippen molar-refractivity contribution < 1.29 is 14.7 Å². The molecule has 5 nitrogen and oxygen atoms in total. The molecule has 0 unspecified atom stereocenters. The maximum Gasteiger partial charge on any atom is 0.337 e. The van der Waals surface area contributed by atoms with E-state index in [1.165, 1.54) is 11.1 Å². The molecule has 1 amide bonds. The molecule has 0 aromatic heterocycles. The van der Waals surface area contributed by atoms with E-state index in [0.717, 1.165) is 37.3 Å². The lowest BCUT2D eigenvalue weighted by Gasteiger charge is -2.34. The number of anilines is 2. The molecule has 1 saturated heterocycles. The van der Waals surface area contributed by atoms with Gasteiger partial charge in [-0.2, -0.15) is 0 Å². The van der Waals surface area contributed by atoms with Crippen molar-refractivity contribution in [3.63, 3.8) is 0 Å². The number of nitrogens with zero attached hydrogens (tertiary/aromatic N) is 1. The van der Waals surface area contributed by atoms with Gasteiger partial charge in [0, 0.05) is 30.0 Å². The van der Waals surface area contributed by atoms with E-state index in [1.54, 1.807) is 12.1 Å². The van der Waals surface area contributed by atoms with Crippen LogP contribution in [0, 0.1) is 0 Å². The molecular formula is C29H31ClN2O3. The summed E-state index contributed by atoms with van der Waals surface area (Å²) in [6.07, 6.45) is 1.88. The molecule has 1 fully saturated rings. The molecule has 0 atom stereocenters. The standard InChI is InChI=1S/C29H31ClN2O3/c1-29(2,3)22-8-5-9-23(17-22)31-27(33)21-7-4-6-20(16-21)19-12-14-32(15-13-19)24-10-11-25(28(34)35)26(30)18-24/h4-11,16-19H,12-15H2,1-3H3,(H,31,33)(H,34,35). The van der Waals surface area contributed by atoms with Crippen LogP contribution in [0.15, 0.2) is 66.7 Å². The number of benzene rings is 3. The number of carbonyl (C=O) groups is 2. The van der Waals surface area contributed by atoms with Gasteiger partial charge >= 0.3 is 5.97 Å². The number of carboxylic acids is 1. The fourth-order valence-electron chi connectivity index (χ4n) is 4.55. The smallest absolute Gasteiger partial charge is 0.337 e. The Balaban J connectivity index is 1.41. The second-order valence-electron chi connectivity index (χ2n) is 10.1. The normalized spacial score (nSPS) is 14.6. The second-order valence-corrected chi connectivity index (χ2v) is 10.5. The van der Waals surface area contributed by atoms with Gasteiger partial charge < -0.3 is 15.3 Å². The van der Waals surface area contributed by atoms with E-state index in [1.807, 2.05) is 42.5 Å². The highest BCUT2D eigenvalue weighted by molar-refractivity contribution is 6.33. The van der Waals surface area contributed by atoms with Crippen molar-refractivity contribution in [1.29, 1.82) is 0 Å². The van der Waals surface area contributed by atoms with Crippen LogP contribution in [0.2, 0.25) is 5.02 Å². The summed E-state index contributed by atoms with van der Waals surface area (Å²) in [4.78, 5) is 26.4. The van der Waals surface area contributed by atoms with Crippen LogP contribution >= 0.6 is 11.6 Å². The summed E-state index contributed by atoms with van der Waals surface area (Å²) in [5.41, 5.74) is 4.86. The Labute approximate surface area is 211 Å². The maximum atomic E-state index is 13.0. The highest BCUT2D eigenvalue weighted by Crippen LogP contribution is 2.33. The Kier molecular flexibility index (Phi) is 7.18. The number of hydrogen-bond acceptors (Lipinski definition) is 3. The number of piperidine rings is 1. The van der Waals surface area contributed by atoms with Crippen molar-refractivity contribution in [1.82, 2.24) is 0 Å². The van der Waals surface area contributed by atoms with E-state index in [9.17, 15) is 14.7 Å². The van der Waals surface area contributed by atoms with Gasteiger partial charge in [0.15, 0.2) is 0 Å². The largest absolute Gasteiger partial charge is 0.478 e. The Bertz CT molecular complexity index is 1240. The number of halogens is 1. The maximum absolute atomic E-state index is 13.0. The Hall–Kier alpha value is -3.31. The van der Waals surface area contributed by atoms with Crippen molar-refractivity contribution in [3.8, 4) is 0 Å². The first-order valence-electron chi connectivity index (χ1n) is 11.9. The number of aromatic carboxylic acids is 1. The zero-order chi connectivity index (χ0) is 25.2. The third kappa shape index (κ3) is 5.85. The quantitative estimate of drug-likeness (QED) is 0.405. The van der Waals surface area contributed by atoms with Gasteiger partial charge in [0.05, 0.1) is 10.6 Å². The summed E-state index contributed by atoms with van der Waals surface area (Å²) < 4.78 is 0. The van der Waals surface area contributed by atoms with Gasteiger partial charge in [-0.25, -0.2) is 4.79 Å². The average molecular weight is 491 g/mol. The molecule has 3 aromatic carbocycles. The molecule has 0 radical (unpaired) electrons. The summed E-state index contributed by atoms with van der Waals surface area (Å²) in [6.45, 7) is 8.14. The molecule has 35 heavy (non-hydrogen) atoms. The Morgan fingerprint density at radius 1 is 0.971 bits per heavy atom. The fourth-order valence-corrected chi connectivity index (χ4v) is 4.80. The third-order valence-electron chi connectivity index (χ3n) is 6.65. The predicted octanol–water partition coefficient (Wildman–Crippen LogP) is 6.97. The number of hydrogen-bond donors (Lipinski definition) is 2. The van der Waals surface area contributed by atoms with Gasteiger partial charge in [0.2, 0.25) is 0 Å². The van der Waals surface area contributed by atoms with Crippen molar-refractivity contribution in [3.05, 3.63) is 94.0 Å². The second kappa shape index (κ2) is 10.1. The van der Waals surface area contributed by atoms with Crippen LogP contribution in [0.25, 0.3) is 0 Å². The highest BCUT2D eigenvalue weighted by atomic mass is 35.5. The summed E-state index contributed by atoms with van der Waals surface area (Å²) in [5, 5.41) is 12.5. The molecule has 1 aliphatic heterocycles. The van der Waals surface area contributed by atoms with Crippen molar-refractivity contribution in [2.24, 2.45) is 0 Å².